The van der Waals surface area contributed by atoms with Gasteiger partial charge < -0.3 is 5.32 Å². The van der Waals surface area contributed by atoms with Crippen LogP contribution >= 0.6 is 27.7 Å². The third kappa shape index (κ3) is 5.77. The van der Waals surface area contributed by atoms with Gasteiger partial charge in [0.05, 0.1) is 10.2 Å². The highest BCUT2D eigenvalue weighted by molar-refractivity contribution is 9.10. The second-order valence-corrected chi connectivity index (χ2v) is 5.89. The lowest BCUT2D eigenvalue weighted by Gasteiger charge is -2.05. The molecular weight excluding hydrogens is 401 g/mol. The zero-order valence-electron chi connectivity index (χ0n) is 13.5. The van der Waals surface area contributed by atoms with E-state index in [0.717, 1.165) is 5.75 Å². The predicted molar refractivity (Wildman–Crippen MR) is 97.7 cm³/mol. The van der Waals surface area contributed by atoms with Crippen LogP contribution in [0.2, 0.25) is 0 Å². The molecule has 24 heavy (non-hydrogen) atoms. The molecule has 1 aromatic carbocycles. The number of nitrogens with one attached hydrogen (secondary N) is 2. The molecule has 0 unspecified atom stereocenters. The molecule has 7 nitrogen and oxygen atoms in total. The average Bonchev–Trinajstić information content (AvgIpc) is 3.06. The van der Waals surface area contributed by atoms with Gasteiger partial charge >= 0.3 is 0 Å². The van der Waals surface area contributed by atoms with E-state index >= 15 is 0 Å². The molecule has 3 N–H and O–H groups in total. The van der Waals surface area contributed by atoms with E-state index in [2.05, 4.69) is 41.2 Å². The van der Waals surface area contributed by atoms with Crippen LogP contribution in [-0.2, 0) is 0 Å². The summed E-state index contributed by atoms with van der Waals surface area (Å²) in [6, 6.07) is 4.20. The maximum absolute atomic E-state index is 13.2. The van der Waals surface area contributed by atoms with Crippen LogP contribution in [0.15, 0.2) is 32.3 Å². The topological polar surface area (TPSA) is 95.6 Å². The first kappa shape index (κ1) is 20.4. The molecule has 2 aromatic rings. The van der Waals surface area contributed by atoms with Crippen molar-refractivity contribution in [3.63, 3.8) is 0 Å². The minimum Gasteiger partial charge on any atom is -0.364 e. The van der Waals surface area contributed by atoms with Gasteiger partial charge in [-0.3, -0.25) is 10.7 Å². The number of amidine groups is 1. The molecule has 0 fully saturated rings. The maximum atomic E-state index is 13.2. The van der Waals surface area contributed by atoms with Gasteiger partial charge in [0.2, 0.25) is 5.82 Å². The smallest absolute Gasteiger partial charge is 0.202 e. The normalized spacial score (nSPS) is 10.8. The van der Waals surface area contributed by atoms with Gasteiger partial charge in [-0.15, -0.1) is 0 Å². The van der Waals surface area contributed by atoms with Gasteiger partial charge in [0.1, 0.15) is 5.82 Å². The summed E-state index contributed by atoms with van der Waals surface area (Å²) in [5.74, 6) is 0.859. The number of rotatable bonds is 6. The van der Waals surface area contributed by atoms with Crippen molar-refractivity contribution in [2.24, 2.45) is 4.99 Å². The molecule has 0 saturated carbocycles. The lowest BCUT2D eigenvalue weighted by molar-refractivity contribution is 0.234. The summed E-state index contributed by atoms with van der Waals surface area (Å²) in [5.41, 5.74) is 2.60. The van der Waals surface area contributed by atoms with Crippen molar-refractivity contribution in [2.75, 3.05) is 23.9 Å². The first-order valence-electron chi connectivity index (χ1n) is 7.15. The Kier molecular flexibility index (Phi) is 9.35. The van der Waals surface area contributed by atoms with Crippen LogP contribution in [0.5, 0.6) is 0 Å². The van der Waals surface area contributed by atoms with Crippen LogP contribution in [-0.4, -0.2) is 39.9 Å². The Hall–Kier alpha value is -1.65. The van der Waals surface area contributed by atoms with Gasteiger partial charge in [-0.2, -0.15) is 11.8 Å². The third-order valence-corrected chi connectivity index (χ3v) is 3.78. The van der Waals surface area contributed by atoms with Crippen LogP contribution in [0.1, 0.15) is 19.5 Å². The first-order chi connectivity index (χ1) is 11.7. The number of hydrogen-bond acceptors (Lipinski definition) is 7. The molecule has 0 atom stereocenters. The molecule has 0 spiro atoms. The fourth-order valence-corrected chi connectivity index (χ4v) is 2.22. The van der Waals surface area contributed by atoms with Crippen LogP contribution < -0.4 is 10.8 Å². The summed E-state index contributed by atoms with van der Waals surface area (Å²) in [7, 11) is 0. The molecule has 1 heterocycles. The lowest BCUT2D eigenvalue weighted by Crippen LogP contribution is -2.22. The van der Waals surface area contributed by atoms with E-state index in [1.165, 1.54) is 18.2 Å². The number of benzene rings is 1. The Morgan fingerprint density at radius 1 is 1.42 bits per heavy atom. The van der Waals surface area contributed by atoms with E-state index in [9.17, 15) is 9.60 Å². The fraction of sp³-hybridized carbons (Fsp3) is 0.357. The van der Waals surface area contributed by atoms with E-state index < -0.39 is 5.82 Å². The van der Waals surface area contributed by atoms with Crippen molar-refractivity contribution in [2.45, 2.75) is 13.8 Å². The van der Waals surface area contributed by atoms with Gasteiger partial charge in [-0.25, -0.2) is 14.0 Å². The molecule has 0 bridgehead atoms. The largest absolute Gasteiger partial charge is 0.364 e. The van der Waals surface area contributed by atoms with Gasteiger partial charge in [-0.05, 0) is 50.7 Å². The molecule has 0 aliphatic heterocycles. The quantitative estimate of drug-likeness (QED) is 0.283. The van der Waals surface area contributed by atoms with E-state index in [1.807, 2.05) is 25.6 Å². The predicted octanol–water partition coefficient (Wildman–Crippen LogP) is 3.83. The summed E-state index contributed by atoms with van der Waals surface area (Å²) < 4.78 is 18.2. The molecule has 0 saturated heterocycles. The number of halogens is 2. The van der Waals surface area contributed by atoms with Crippen molar-refractivity contribution >= 4 is 45.0 Å². The Morgan fingerprint density at radius 3 is 2.79 bits per heavy atom. The number of anilines is 1. The van der Waals surface area contributed by atoms with E-state index in [4.69, 9.17) is 0 Å². The maximum Gasteiger partial charge on any atom is 0.202 e. The van der Waals surface area contributed by atoms with Gasteiger partial charge in [0, 0.05) is 12.3 Å². The lowest BCUT2D eigenvalue weighted by atomic mass is 10.3. The second kappa shape index (κ2) is 11.0. The molecular formula is C14H19BrFN5O2S. The van der Waals surface area contributed by atoms with Crippen molar-refractivity contribution in [1.82, 2.24) is 15.8 Å². The zero-order valence-corrected chi connectivity index (χ0v) is 15.9. The molecule has 132 valence electrons. The van der Waals surface area contributed by atoms with Crippen LogP contribution in [0.4, 0.5) is 15.9 Å². The minimum absolute atomic E-state index is 0.0337. The summed E-state index contributed by atoms with van der Waals surface area (Å²) in [6.07, 6.45) is 1.98. The van der Waals surface area contributed by atoms with Crippen molar-refractivity contribution in [3.8, 4) is 0 Å². The Bertz CT molecular complexity index is 668. The molecule has 0 radical (unpaired) electrons. The standard InChI is InChI=1S/C12H13BrFN5O2S.C2H6/c1-22-5-4-15-11-10(18-21-19-11)12(17-20)16-7-2-3-9(14)8(13)6-7;1-2/h2-3,6,20H,4-5H2,1H3,(H,15,19)(H,16,17);1-2H3. The fourth-order valence-electron chi connectivity index (χ4n) is 1.55. The van der Waals surface area contributed by atoms with Gasteiger partial charge in [0.15, 0.2) is 11.5 Å². The number of nitrogens with zero attached hydrogens (tertiary/aromatic N) is 3. The highest BCUT2D eigenvalue weighted by Gasteiger charge is 2.16. The summed E-state index contributed by atoms with van der Waals surface area (Å²) in [5, 5.41) is 19.7. The van der Waals surface area contributed by atoms with Crippen LogP contribution in [0, 0.1) is 5.82 Å². The first-order valence-corrected chi connectivity index (χ1v) is 9.34. The second-order valence-electron chi connectivity index (χ2n) is 4.05. The van der Waals surface area contributed by atoms with E-state index in [1.54, 1.807) is 11.8 Å². The Morgan fingerprint density at radius 2 is 2.17 bits per heavy atom. The highest BCUT2D eigenvalue weighted by atomic mass is 79.9. The molecule has 1 aromatic heterocycles. The molecule has 0 aliphatic rings. The van der Waals surface area contributed by atoms with Crippen LogP contribution in [0.25, 0.3) is 0 Å². The molecule has 0 aliphatic carbocycles. The van der Waals surface area contributed by atoms with Gasteiger partial charge in [-0.1, -0.05) is 13.8 Å². The number of aliphatic imine (C=N–C) groups is 1. The SMILES string of the molecule is CC.CSCCNc1nonc1C(=Nc1ccc(F)c(Br)c1)NO. The Balaban J connectivity index is 0.00000139. The minimum atomic E-state index is -0.403. The summed E-state index contributed by atoms with van der Waals surface area (Å²) in [4.78, 5) is 4.16. The van der Waals surface area contributed by atoms with E-state index in [-0.39, 0.29) is 16.0 Å². The number of thioether (sulfide) groups is 1. The Labute approximate surface area is 152 Å². The van der Waals surface area contributed by atoms with Gasteiger partial charge in [0.25, 0.3) is 0 Å². The van der Waals surface area contributed by atoms with Crippen molar-refractivity contribution < 1.29 is 14.2 Å². The summed E-state index contributed by atoms with van der Waals surface area (Å²) >= 11 is 4.75. The average molecular weight is 420 g/mol. The third-order valence-electron chi connectivity index (χ3n) is 2.56. The molecule has 2 rings (SSSR count). The van der Waals surface area contributed by atoms with Crippen molar-refractivity contribution in [3.05, 3.63) is 34.2 Å². The van der Waals surface area contributed by atoms with Crippen LogP contribution in [0.3, 0.4) is 0 Å². The molecule has 10 heteroatoms. The zero-order chi connectivity index (χ0) is 17.9. The highest BCUT2D eigenvalue weighted by Crippen LogP contribution is 2.23. The monoisotopic (exact) mass is 419 g/mol. The number of hydroxylamine groups is 1. The van der Waals surface area contributed by atoms with Crippen molar-refractivity contribution in [1.29, 1.82) is 0 Å². The molecule has 0 amide bonds. The number of aromatic nitrogens is 2. The van der Waals surface area contributed by atoms with E-state index in [0.29, 0.717) is 18.1 Å². The number of hydrogen-bond donors (Lipinski definition) is 3. The summed E-state index contributed by atoms with van der Waals surface area (Å²) in [6.45, 7) is 4.66.